The fourth-order valence-electron chi connectivity index (χ4n) is 5.58. The minimum absolute atomic E-state index is 0.115. The Labute approximate surface area is 216 Å². The van der Waals surface area contributed by atoms with Crippen molar-refractivity contribution >= 4 is 23.4 Å². The van der Waals surface area contributed by atoms with Crippen molar-refractivity contribution < 1.29 is 29.3 Å². The van der Waals surface area contributed by atoms with Gasteiger partial charge in [0.1, 0.15) is 17.0 Å². The number of anilines is 2. The van der Waals surface area contributed by atoms with Crippen molar-refractivity contribution in [3.05, 3.63) is 47.5 Å². The second-order valence-electron chi connectivity index (χ2n) is 10.8. The van der Waals surface area contributed by atoms with Gasteiger partial charge in [-0.05, 0) is 64.2 Å². The Morgan fingerprint density at radius 2 is 1.89 bits per heavy atom. The Kier molecular flexibility index (Phi) is 6.76. The van der Waals surface area contributed by atoms with Crippen molar-refractivity contribution in [2.45, 2.75) is 69.6 Å². The van der Waals surface area contributed by atoms with E-state index in [1.165, 1.54) is 12.5 Å². The van der Waals surface area contributed by atoms with Gasteiger partial charge in [-0.1, -0.05) is 24.6 Å². The van der Waals surface area contributed by atoms with Crippen LogP contribution in [0.25, 0.3) is 0 Å². The molecule has 9 nitrogen and oxygen atoms in total. The molecule has 1 aliphatic carbocycles. The molecular weight excluding hydrogens is 474 g/mol. The third-order valence-corrected chi connectivity index (χ3v) is 7.72. The zero-order valence-corrected chi connectivity index (χ0v) is 21.4. The number of ether oxygens (including phenoxy) is 2. The summed E-state index contributed by atoms with van der Waals surface area (Å²) in [6, 6.07) is 11.1. The lowest BCUT2D eigenvalue weighted by atomic mass is 9.78. The molecule has 0 radical (unpaired) electrons. The predicted octanol–water partition coefficient (Wildman–Crippen LogP) is 4.33. The molecule has 9 heteroatoms. The second-order valence-corrected chi connectivity index (χ2v) is 10.8. The van der Waals surface area contributed by atoms with Gasteiger partial charge in [-0.15, -0.1) is 0 Å². The molecule has 0 aromatic heterocycles. The summed E-state index contributed by atoms with van der Waals surface area (Å²) in [5, 5.41) is 27.0. The van der Waals surface area contributed by atoms with Gasteiger partial charge in [-0.25, -0.2) is 4.79 Å². The van der Waals surface area contributed by atoms with Crippen LogP contribution >= 0.6 is 0 Å². The lowest BCUT2D eigenvalue weighted by molar-refractivity contribution is -0.118. The van der Waals surface area contributed by atoms with Crippen molar-refractivity contribution in [3.63, 3.8) is 0 Å². The molecule has 198 valence electrons. The topological polar surface area (TPSA) is 120 Å². The highest BCUT2D eigenvalue weighted by atomic mass is 16.6. The average molecular weight is 510 g/mol. The number of hydrogen-bond donors (Lipinski definition) is 4. The SMILES string of the molecule is CC(C)(CCN1C(=O)OC2(CCCCC2)c2ccccc21)NCC(O)c1ccc(O)c2c1OCC(=O)N2. The van der Waals surface area contributed by atoms with Crippen LogP contribution in [0.5, 0.6) is 11.5 Å². The fraction of sp³-hybridized carbons (Fsp3) is 0.500. The normalized spacial score (nSPS) is 19.4. The predicted molar refractivity (Wildman–Crippen MR) is 139 cm³/mol. The van der Waals surface area contributed by atoms with Crippen LogP contribution in [0.3, 0.4) is 0 Å². The third kappa shape index (κ3) is 4.98. The minimum atomic E-state index is -0.935. The lowest BCUT2D eigenvalue weighted by Crippen LogP contribution is -2.50. The number of amides is 2. The number of aromatic hydroxyl groups is 1. The van der Waals surface area contributed by atoms with E-state index in [0.717, 1.165) is 36.9 Å². The second kappa shape index (κ2) is 9.87. The maximum absolute atomic E-state index is 13.2. The Bertz CT molecular complexity index is 1190. The molecule has 0 bridgehead atoms. The molecule has 1 saturated carbocycles. The summed E-state index contributed by atoms with van der Waals surface area (Å²) in [6.45, 7) is 4.54. The summed E-state index contributed by atoms with van der Waals surface area (Å²) in [6.07, 6.45) is 4.40. The highest BCUT2D eigenvalue weighted by Crippen LogP contribution is 2.48. The monoisotopic (exact) mass is 509 g/mol. The summed E-state index contributed by atoms with van der Waals surface area (Å²) in [5.74, 6) is -0.201. The Balaban J connectivity index is 1.25. The molecule has 1 unspecified atom stereocenters. The zero-order chi connectivity index (χ0) is 26.2. The summed E-state index contributed by atoms with van der Waals surface area (Å²) >= 11 is 0. The smallest absolute Gasteiger partial charge is 0.415 e. The van der Waals surface area contributed by atoms with Crippen molar-refractivity contribution in [1.82, 2.24) is 5.32 Å². The molecule has 5 rings (SSSR count). The van der Waals surface area contributed by atoms with Crippen molar-refractivity contribution in [3.8, 4) is 11.5 Å². The van der Waals surface area contributed by atoms with Crippen LogP contribution < -0.4 is 20.3 Å². The number of hydrogen-bond acceptors (Lipinski definition) is 7. The Morgan fingerprint density at radius 3 is 2.68 bits per heavy atom. The number of nitrogens with zero attached hydrogens (tertiary/aromatic N) is 1. The number of aliphatic hydroxyl groups excluding tert-OH is 1. The van der Waals surface area contributed by atoms with Crippen LogP contribution in [0.4, 0.5) is 16.2 Å². The van der Waals surface area contributed by atoms with E-state index in [-0.39, 0.29) is 42.3 Å². The number of fused-ring (bicyclic) bond motifs is 3. The Hall–Kier alpha value is -3.30. The van der Waals surface area contributed by atoms with Gasteiger partial charge < -0.3 is 30.3 Å². The van der Waals surface area contributed by atoms with Gasteiger partial charge in [-0.3, -0.25) is 9.69 Å². The van der Waals surface area contributed by atoms with E-state index >= 15 is 0 Å². The first-order chi connectivity index (χ1) is 17.7. The molecule has 4 N–H and O–H groups in total. The largest absolute Gasteiger partial charge is 0.506 e. The van der Waals surface area contributed by atoms with Crippen LogP contribution in [-0.2, 0) is 15.1 Å². The maximum atomic E-state index is 13.2. The van der Waals surface area contributed by atoms with E-state index in [9.17, 15) is 19.8 Å². The number of carbonyl (C=O) groups excluding carboxylic acids is 2. The quantitative estimate of drug-likeness (QED) is 0.410. The summed E-state index contributed by atoms with van der Waals surface area (Å²) in [4.78, 5) is 26.5. The molecule has 1 spiro atoms. The standard InChI is InChI=1S/C28H35N3O6/c1-27(2,29-16-22(33)18-10-11-21(32)24-25(18)36-17-23(34)30-24)14-15-31-20-9-5-4-8-19(20)28(37-26(31)35)12-6-3-7-13-28/h4-5,8-11,22,29,32-33H,3,6-7,12-17H2,1-2H3,(H,30,34). The molecule has 2 heterocycles. The van der Waals surface area contributed by atoms with Gasteiger partial charge in [0.05, 0.1) is 11.8 Å². The first-order valence-corrected chi connectivity index (χ1v) is 13.0. The average Bonchev–Trinajstić information content (AvgIpc) is 2.88. The number of carbonyl (C=O) groups is 2. The summed E-state index contributed by atoms with van der Waals surface area (Å²) in [7, 11) is 0. The Morgan fingerprint density at radius 1 is 1.14 bits per heavy atom. The molecule has 37 heavy (non-hydrogen) atoms. The van der Waals surface area contributed by atoms with Gasteiger partial charge >= 0.3 is 6.09 Å². The van der Waals surface area contributed by atoms with E-state index in [1.54, 1.807) is 11.0 Å². The summed E-state index contributed by atoms with van der Waals surface area (Å²) < 4.78 is 11.6. The van der Waals surface area contributed by atoms with Crippen LogP contribution in [0.1, 0.15) is 69.6 Å². The zero-order valence-electron chi connectivity index (χ0n) is 21.4. The molecule has 2 aromatic rings. The van der Waals surface area contributed by atoms with E-state index in [0.29, 0.717) is 18.5 Å². The van der Waals surface area contributed by atoms with Crippen molar-refractivity contribution in [2.24, 2.45) is 0 Å². The van der Waals surface area contributed by atoms with E-state index in [4.69, 9.17) is 9.47 Å². The van der Waals surface area contributed by atoms with E-state index in [1.807, 2.05) is 32.0 Å². The first kappa shape index (κ1) is 25.4. The van der Waals surface area contributed by atoms with Crippen molar-refractivity contribution in [2.75, 3.05) is 29.9 Å². The fourth-order valence-corrected chi connectivity index (χ4v) is 5.58. The number of para-hydroxylation sites is 1. The van der Waals surface area contributed by atoms with Gasteiger partial charge in [0.15, 0.2) is 12.4 Å². The summed E-state index contributed by atoms with van der Waals surface area (Å²) in [5.41, 5.74) is 1.74. The van der Waals surface area contributed by atoms with Gasteiger partial charge in [0.2, 0.25) is 0 Å². The molecule has 0 saturated heterocycles. The molecule has 2 aromatic carbocycles. The van der Waals surface area contributed by atoms with Crippen LogP contribution in [0.15, 0.2) is 36.4 Å². The minimum Gasteiger partial charge on any atom is -0.506 e. The molecule has 2 amide bonds. The molecular formula is C28H35N3O6. The highest BCUT2D eigenvalue weighted by molar-refractivity contribution is 5.97. The van der Waals surface area contributed by atoms with Crippen LogP contribution in [-0.4, -0.2) is 47.4 Å². The number of nitrogens with one attached hydrogen (secondary N) is 2. The van der Waals surface area contributed by atoms with E-state index in [2.05, 4.69) is 16.7 Å². The number of phenols is 1. The third-order valence-electron chi connectivity index (χ3n) is 7.72. The molecule has 1 atom stereocenters. The van der Waals surface area contributed by atoms with Crippen molar-refractivity contribution in [1.29, 1.82) is 0 Å². The van der Waals surface area contributed by atoms with Crippen LogP contribution in [0, 0.1) is 0 Å². The van der Waals surface area contributed by atoms with E-state index < -0.39 is 17.2 Å². The first-order valence-electron chi connectivity index (χ1n) is 13.0. The highest BCUT2D eigenvalue weighted by Gasteiger charge is 2.45. The number of benzene rings is 2. The van der Waals surface area contributed by atoms with Crippen LogP contribution in [0.2, 0.25) is 0 Å². The number of phenolic OH excluding ortho intramolecular Hbond substituents is 1. The number of rotatable bonds is 7. The lowest BCUT2D eigenvalue weighted by Gasteiger charge is -2.45. The van der Waals surface area contributed by atoms with Gasteiger partial charge in [0, 0.05) is 29.8 Å². The maximum Gasteiger partial charge on any atom is 0.415 e. The molecule has 3 aliphatic rings. The van der Waals surface area contributed by atoms with Gasteiger partial charge in [-0.2, -0.15) is 0 Å². The number of β-amino-alcohol motifs (C(OH)–C–C–N with tert-alkyl or cyclic N) is 1. The number of aliphatic hydroxyl groups is 1. The molecule has 1 fully saturated rings. The van der Waals surface area contributed by atoms with Gasteiger partial charge in [0.25, 0.3) is 5.91 Å². The molecule has 2 aliphatic heterocycles.